The van der Waals surface area contributed by atoms with Crippen LogP contribution in [0.1, 0.15) is 24.5 Å². The van der Waals surface area contributed by atoms with E-state index in [0.717, 1.165) is 34.0 Å². The van der Waals surface area contributed by atoms with Gasteiger partial charge in [-0.3, -0.25) is 4.79 Å². The smallest absolute Gasteiger partial charge is 0.306 e. The van der Waals surface area contributed by atoms with Gasteiger partial charge in [-0.2, -0.15) is 0 Å². The number of esters is 1. The average molecular weight is 326 g/mol. The third-order valence-electron chi connectivity index (χ3n) is 3.73. The summed E-state index contributed by atoms with van der Waals surface area (Å²) in [6.45, 7) is 0.816. The highest BCUT2D eigenvalue weighted by Gasteiger charge is 2.27. The van der Waals surface area contributed by atoms with Crippen molar-refractivity contribution in [3.05, 3.63) is 34.2 Å². The van der Waals surface area contributed by atoms with Gasteiger partial charge >= 0.3 is 5.97 Å². The van der Waals surface area contributed by atoms with E-state index in [2.05, 4.69) is 20.5 Å². The Morgan fingerprint density at radius 1 is 1.53 bits per heavy atom. The van der Waals surface area contributed by atoms with Gasteiger partial charge in [0.15, 0.2) is 0 Å². The van der Waals surface area contributed by atoms with E-state index in [1.54, 1.807) is 6.07 Å². The van der Waals surface area contributed by atoms with Gasteiger partial charge in [0, 0.05) is 28.0 Å². The molecule has 1 aromatic heterocycles. The number of methoxy groups -OCH3 is 1. The molecule has 2 heterocycles. The maximum Gasteiger partial charge on any atom is 0.306 e. The summed E-state index contributed by atoms with van der Waals surface area (Å²) in [6.07, 6.45) is 1.28. The van der Waals surface area contributed by atoms with E-state index in [4.69, 9.17) is 4.74 Å². The third kappa shape index (κ3) is 2.06. The van der Waals surface area contributed by atoms with Crippen LogP contribution >= 0.6 is 15.9 Å². The second-order valence-corrected chi connectivity index (χ2v) is 5.66. The molecule has 0 fully saturated rings. The lowest BCUT2D eigenvalue weighted by Gasteiger charge is -2.06. The SMILES string of the molecule is COC(=O)C[C@@H]1CCn2c1cc1c(Br)cc(F)cc12. The molecular weight excluding hydrogens is 313 g/mol. The standard InChI is InChI=1S/C14H13BrFNO2/c1-19-14(18)4-8-2-3-17-12(8)7-10-11(15)5-9(16)6-13(10)17/h5-8H,2-4H2,1H3/t8-/m0/s1. The normalized spacial score (nSPS) is 17.7. The molecule has 0 spiro atoms. The number of hydrogen-bond donors (Lipinski definition) is 0. The van der Waals surface area contributed by atoms with Crippen LogP contribution in [0.5, 0.6) is 0 Å². The van der Waals surface area contributed by atoms with Gasteiger partial charge in [0.1, 0.15) is 5.82 Å². The van der Waals surface area contributed by atoms with Gasteiger partial charge in [-0.1, -0.05) is 0 Å². The molecule has 0 unspecified atom stereocenters. The summed E-state index contributed by atoms with van der Waals surface area (Å²) < 4.78 is 21.1. The Bertz CT molecular complexity index is 665. The quantitative estimate of drug-likeness (QED) is 0.790. The monoisotopic (exact) mass is 325 g/mol. The maximum atomic E-state index is 13.5. The Balaban J connectivity index is 2.07. The molecule has 0 N–H and O–H groups in total. The molecule has 2 aromatic rings. The summed E-state index contributed by atoms with van der Waals surface area (Å²) in [7, 11) is 1.40. The molecule has 1 aliphatic rings. The van der Waals surface area contributed by atoms with Gasteiger partial charge in [-0.15, -0.1) is 0 Å². The summed E-state index contributed by atoms with van der Waals surface area (Å²) in [5, 5.41) is 0.992. The van der Waals surface area contributed by atoms with Crippen molar-refractivity contribution in [2.75, 3.05) is 7.11 Å². The zero-order valence-corrected chi connectivity index (χ0v) is 12.0. The zero-order chi connectivity index (χ0) is 13.6. The second-order valence-electron chi connectivity index (χ2n) is 4.81. The Labute approximate surface area is 118 Å². The number of aryl methyl sites for hydroxylation is 1. The third-order valence-corrected chi connectivity index (χ3v) is 4.38. The van der Waals surface area contributed by atoms with E-state index in [9.17, 15) is 9.18 Å². The predicted molar refractivity (Wildman–Crippen MR) is 73.6 cm³/mol. The number of carbonyl (C=O) groups excluding carboxylic acids is 1. The minimum Gasteiger partial charge on any atom is -0.469 e. The first kappa shape index (κ1) is 12.7. The fourth-order valence-electron chi connectivity index (χ4n) is 2.81. The molecule has 0 radical (unpaired) electrons. The van der Waals surface area contributed by atoms with Crippen LogP contribution in [-0.4, -0.2) is 17.6 Å². The molecule has 3 rings (SSSR count). The Morgan fingerprint density at radius 3 is 3.05 bits per heavy atom. The van der Waals surface area contributed by atoms with Crippen LogP contribution in [0.2, 0.25) is 0 Å². The van der Waals surface area contributed by atoms with Crippen LogP contribution in [0.15, 0.2) is 22.7 Å². The van der Waals surface area contributed by atoms with Gasteiger partial charge < -0.3 is 9.30 Å². The molecule has 1 aliphatic heterocycles. The highest BCUT2D eigenvalue weighted by Crippen LogP contribution is 2.38. The molecule has 5 heteroatoms. The van der Waals surface area contributed by atoms with Gasteiger partial charge in [-0.05, 0) is 40.5 Å². The second kappa shape index (κ2) is 4.63. The molecule has 19 heavy (non-hydrogen) atoms. The molecule has 100 valence electrons. The number of halogens is 2. The van der Waals surface area contributed by atoms with Crippen molar-refractivity contribution in [2.45, 2.75) is 25.3 Å². The number of benzene rings is 1. The van der Waals surface area contributed by atoms with E-state index >= 15 is 0 Å². The van der Waals surface area contributed by atoms with Crippen molar-refractivity contribution in [1.82, 2.24) is 4.57 Å². The van der Waals surface area contributed by atoms with E-state index < -0.39 is 0 Å². The summed E-state index contributed by atoms with van der Waals surface area (Å²) in [6, 6.07) is 5.05. The molecule has 0 saturated heterocycles. The van der Waals surface area contributed by atoms with E-state index in [0.29, 0.717) is 6.42 Å². The molecule has 0 aliphatic carbocycles. The topological polar surface area (TPSA) is 31.2 Å². The highest BCUT2D eigenvalue weighted by molar-refractivity contribution is 9.10. The molecule has 1 aromatic carbocycles. The van der Waals surface area contributed by atoms with Crippen molar-refractivity contribution in [2.24, 2.45) is 0 Å². The molecular formula is C14H13BrFNO2. The molecule has 0 saturated carbocycles. The minimum atomic E-state index is -0.253. The largest absolute Gasteiger partial charge is 0.469 e. The van der Waals surface area contributed by atoms with Crippen LogP contribution in [0.4, 0.5) is 4.39 Å². The summed E-state index contributed by atoms with van der Waals surface area (Å²) in [5.74, 6) is -0.291. The summed E-state index contributed by atoms with van der Waals surface area (Å²) >= 11 is 3.39. The number of carbonyl (C=O) groups is 1. The van der Waals surface area contributed by atoms with Crippen molar-refractivity contribution in [1.29, 1.82) is 0 Å². The van der Waals surface area contributed by atoms with E-state index in [-0.39, 0.29) is 17.7 Å². The van der Waals surface area contributed by atoms with Crippen molar-refractivity contribution >= 4 is 32.8 Å². The first-order valence-electron chi connectivity index (χ1n) is 6.15. The number of rotatable bonds is 2. The van der Waals surface area contributed by atoms with E-state index in [1.165, 1.54) is 13.2 Å². The van der Waals surface area contributed by atoms with Gasteiger partial charge in [-0.25, -0.2) is 4.39 Å². The fourth-order valence-corrected chi connectivity index (χ4v) is 3.35. The molecule has 1 atom stereocenters. The number of nitrogens with zero attached hydrogens (tertiary/aromatic N) is 1. The summed E-state index contributed by atoms with van der Waals surface area (Å²) in [5.41, 5.74) is 1.97. The number of ether oxygens (including phenoxy) is 1. The Hall–Kier alpha value is -1.36. The maximum absolute atomic E-state index is 13.5. The van der Waals surface area contributed by atoms with Crippen LogP contribution in [0, 0.1) is 5.82 Å². The van der Waals surface area contributed by atoms with Gasteiger partial charge in [0.05, 0.1) is 19.0 Å². The lowest BCUT2D eigenvalue weighted by atomic mass is 10.0. The summed E-state index contributed by atoms with van der Waals surface area (Å²) in [4.78, 5) is 11.4. The van der Waals surface area contributed by atoms with Gasteiger partial charge in [0.25, 0.3) is 0 Å². The van der Waals surface area contributed by atoms with Gasteiger partial charge in [0.2, 0.25) is 0 Å². The average Bonchev–Trinajstić information content (AvgIpc) is 2.90. The molecule has 0 amide bonds. The lowest BCUT2D eigenvalue weighted by Crippen LogP contribution is -2.06. The Morgan fingerprint density at radius 2 is 2.32 bits per heavy atom. The number of hydrogen-bond acceptors (Lipinski definition) is 2. The lowest BCUT2D eigenvalue weighted by molar-refractivity contribution is -0.141. The number of fused-ring (bicyclic) bond motifs is 3. The molecule has 0 bridgehead atoms. The zero-order valence-electron chi connectivity index (χ0n) is 10.5. The van der Waals surface area contributed by atoms with Crippen molar-refractivity contribution in [3.8, 4) is 0 Å². The van der Waals surface area contributed by atoms with Crippen LogP contribution in [0.25, 0.3) is 10.9 Å². The molecule has 3 nitrogen and oxygen atoms in total. The number of aromatic nitrogens is 1. The first-order chi connectivity index (χ1) is 9.10. The van der Waals surface area contributed by atoms with Crippen LogP contribution in [0.3, 0.4) is 0 Å². The predicted octanol–water partition coefficient (Wildman–Crippen LogP) is 3.59. The van der Waals surface area contributed by atoms with Crippen LogP contribution in [-0.2, 0) is 16.1 Å². The fraction of sp³-hybridized carbons (Fsp3) is 0.357. The van der Waals surface area contributed by atoms with E-state index in [1.807, 2.05) is 6.07 Å². The van der Waals surface area contributed by atoms with Crippen LogP contribution < -0.4 is 0 Å². The Kier molecular flexibility index (Phi) is 3.09. The first-order valence-corrected chi connectivity index (χ1v) is 6.94. The highest BCUT2D eigenvalue weighted by atomic mass is 79.9. The van der Waals surface area contributed by atoms with Crippen molar-refractivity contribution in [3.63, 3.8) is 0 Å². The van der Waals surface area contributed by atoms with Crippen molar-refractivity contribution < 1.29 is 13.9 Å². The minimum absolute atomic E-state index is 0.162.